The molecular weight excluding hydrogens is 468 g/mol. The summed E-state index contributed by atoms with van der Waals surface area (Å²) in [6, 6.07) is 14.9. The van der Waals surface area contributed by atoms with Crippen molar-refractivity contribution in [3.8, 4) is 5.75 Å². The molecule has 3 heterocycles. The fraction of sp³-hybridized carbons (Fsp3) is 0.0870. The Morgan fingerprint density at radius 2 is 2.00 bits per heavy atom. The molecule has 1 aliphatic rings. The SMILES string of the molecule is COc1cccc(/C(O)=C2\C(=O)C(=O)N(c3nc4ccc(Cl)cc4s3)C2c2cccs2)c1. The van der Waals surface area contributed by atoms with Gasteiger partial charge in [-0.2, -0.15) is 0 Å². The quantitative estimate of drug-likeness (QED) is 0.231. The number of hydrogen-bond donors (Lipinski definition) is 1. The predicted molar refractivity (Wildman–Crippen MR) is 127 cm³/mol. The Bertz CT molecular complexity index is 1390. The van der Waals surface area contributed by atoms with Crippen molar-refractivity contribution in [3.63, 3.8) is 0 Å². The molecule has 2 aromatic heterocycles. The highest BCUT2D eigenvalue weighted by Gasteiger charge is 2.48. The summed E-state index contributed by atoms with van der Waals surface area (Å²) >= 11 is 8.77. The van der Waals surface area contributed by atoms with Crippen LogP contribution in [0, 0.1) is 0 Å². The number of aromatic nitrogens is 1. The molecule has 1 saturated heterocycles. The molecule has 1 N–H and O–H groups in total. The molecule has 2 aromatic carbocycles. The molecule has 5 rings (SSSR count). The van der Waals surface area contributed by atoms with E-state index in [0.29, 0.717) is 27.0 Å². The monoisotopic (exact) mass is 482 g/mol. The lowest BCUT2D eigenvalue weighted by Crippen LogP contribution is -2.28. The summed E-state index contributed by atoms with van der Waals surface area (Å²) in [4.78, 5) is 33.0. The molecule has 9 heteroatoms. The zero-order valence-electron chi connectivity index (χ0n) is 16.6. The van der Waals surface area contributed by atoms with Crippen LogP contribution in [0.4, 0.5) is 5.13 Å². The molecule has 1 fully saturated rings. The molecular formula is C23H15ClN2O4S2. The first-order chi connectivity index (χ1) is 15.5. The van der Waals surface area contributed by atoms with Gasteiger partial charge in [0.1, 0.15) is 17.6 Å². The molecule has 0 aliphatic carbocycles. The van der Waals surface area contributed by atoms with Gasteiger partial charge in [-0.3, -0.25) is 14.5 Å². The normalized spacial score (nSPS) is 17.9. The number of ether oxygens (including phenoxy) is 1. The molecule has 32 heavy (non-hydrogen) atoms. The summed E-state index contributed by atoms with van der Waals surface area (Å²) in [5.41, 5.74) is 1.08. The molecule has 0 saturated carbocycles. The Morgan fingerprint density at radius 3 is 2.75 bits per heavy atom. The van der Waals surface area contributed by atoms with Gasteiger partial charge >= 0.3 is 5.91 Å². The van der Waals surface area contributed by atoms with Crippen molar-refractivity contribution < 1.29 is 19.4 Å². The van der Waals surface area contributed by atoms with E-state index in [1.807, 2.05) is 17.5 Å². The van der Waals surface area contributed by atoms with Crippen LogP contribution in [-0.2, 0) is 9.59 Å². The van der Waals surface area contributed by atoms with Crippen LogP contribution < -0.4 is 9.64 Å². The molecule has 4 aromatic rings. The average molecular weight is 483 g/mol. The van der Waals surface area contributed by atoms with Gasteiger partial charge in [0, 0.05) is 15.5 Å². The van der Waals surface area contributed by atoms with Crippen molar-refractivity contribution in [1.29, 1.82) is 0 Å². The fourth-order valence-electron chi connectivity index (χ4n) is 3.66. The standard InChI is InChI=1S/C23H15ClN2O4S2/c1-30-14-5-2-4-12(10-14)20(27)18-19(16-6-3-9-31-16)26(22(29)21(18)28)23-25-15-8-7-13(24)11-17(15)32-23/h2-11,19,27H,1H3/b20-18+. The van der Waals surface area contributed by atoms with E-state index in [4.69, 9.17) is 16.3 Å². The second-order valence-electron chi connectivity index (χ2n) is 7.02. The number of ketones is 1. The topological polar surface area (TPSA) is 79.7 Å². The number of aliphatic hydroxyl groups is 1. The zero-order valence-corrected chi connectivity index (χ0v) is 19.0. The molecule has 1 unspecified atom stereocenters. The maximum absolute atomic E-state index is 13.2. The van der Waals surface area contributed by atoms with Crippen molar-refractivity contribution in [2.45, 2.75) is 6.04 Å². The number of Topliss-reactive ketones (excluding diaryl/α,β-unsaturated/α-hetero) is 1. The molecule has 1 amide bonds. The van der Waals surface area contributed by atoms with Crippen LogP contribution in [-0.4, -0.2) is 28.9 Å². The average Bonchev–Trinajstić information content (AvgIpc) is 3.52. The Kier molecular flexibility index (Phi) is 5.21. The van der Waals surface area contributed by atoms with Gasteiger partial charge in [0.2, 0.25) is 0 Å². The van der Waals surface area contributed by atoms with Gasteiger partial charge in [0.25, 0.3) is 5.78 Å². The highest BCUT2D eigenvalue weighted by Crippen LogP contribution is 2.45. The number of fused-ring (bicyclic) bond motifs is 1. The van der Waals surface area contributed by atoms with Gasteiger partial charge < -0.3 is 9.84 Å². The van der Waals surface area contributed by atoms with Gasteiger partial charge in [-0.15, -0.1) is 11.3 Å². The minimum atomic E-state index is -0.794. The number of rotatable bonds is 4. The van der Waals surface area contributed by atoms with Gasteiger partial charge in [0.05, 0.1) is 22.9 Å². The van der Waals surface area contributed by atoms with Crippen LogP contribution in [0.25, 0.3) is 16.0 Å². The Labute approximate surface area is 196 Å². The summed E-state index contributed by atoms with van der Waals surface area (Å²) in [7, 11) is 1.52. The van der Waals surface area contributed by atoms with Crippen LogP contribution >= 0.6 is 34.3 Å². The number of anilines is 1. The second-order valence-corrected chi connectivity index (χ2v) is 9.45. The summed E-state index contributed by atoms with van der Waals surface area (Å²) in [5, 5.41) is 13.9. The van der Waals surface area contributed by atoms with E-state index < -0.39 is 17.7 Å². The second kappa shape index (κ2) is 8.05. The summed E-state index contributed by atoms with van der Waals surface area (Å²) < 4.78 is 6.03. The lowest BCUT2D eigenvalue weighted by atomic mass is 10.00. The molecule has 160 valence electrons. The van der Waals surface area contributed by atoms with Crippen molar-refractivity contribution >= 4 is 67.1 Å². The Hall–Kier alpha value is -3.20. The van der Waals surface area contributed by atoms with Crippen molar-refractivity contribution in [3.05, 3.63) is 81.0 Å². The molecule has 0 bridgehead atoms. The molecule has 0 spiro atoms. The number of aliphatic hydroxyl groups excluding tert-OH is 1. The number of halogens is 1. The third kappa shape index (κ3) is 3.37. The first-order valence-corrected chi connectivity index (χ1v) is 11.6. The zero-order chi connectivity index (χ0) is 22.4. The lowest BCUT2D eigenvalue weighted by Gasteiger charge is -2.21. The third-order valence-electron chi connectivity index (χ3n) is 5.15. The number of amides is 1. The lowest BCUT2D eigenvalue weighted by molar-refractivity contribution is -0.132. The minimum Gasteiger partial charge on any atom is -0.507 e. The summed E-state index contributed by atoms with van der Waals surface area (Å²) in [5.74, 6) is -1.23. The third-order valence-corrected chi connectivity index (χ3v) is 7.32. The highest BCUT2D eigenvalue weighted by atomic mass is 35.5. The summed E-state index contributed by atoms with van der Waals surface area (Å²) in [6.07, 6.45) is 0. The van der Waals surface area contributed by atoms with Crippen LogP contribution in [0.15, 0.2) is 65.6 Å². The Morgan fingerprint density at radius 1 is 1.16 bits per heavy atom. The van der Waals surface area contributed by atoms with Crippen molar-refractivity contribution in [2.24, 2.45) is 0 Å². The van der Waals surface area contributed by atoms with Crippen LogP contribution in [0.5, 0.6) is 5.75 Å². The van der Waals surface area contributed by atoms with Gasteiger partial charge in [-0.1, -0.05) is 41.1 Å². The van der Waals surface area contributed by atoms with E-state index in [2.05, 4.69) is 4.98 Å². The fourth-order valence-corrected chi connectivity index (χ4v) is 5.75. The predicted octanol–water partition coefficient (Wildman–Crippen LogP) is 5.65. The Balaban J connectivity index is 1.71. The highest BCUT2D eigenvalue weighted by molar-refractivity contribution is 7.22. The van der Waals surface area contributed by atoms with E-state index in [1.54, 1.807) is 42.5 Å². The molecule has 1 aliphatic heterocycles. The van der Waals surface area contributed by atoms with Crippen LogP contribution in [0.2, 0.25) is 5.02 Å². The molecule has 6 nitrogen and oxygen atoms in total. The van der Waals surface area contributed by atoms with Crippen molar-refractivity contribution in [1.82, 2.24) is 4.98 Å². The largest absolute Gasteiger partial charge is 0.507 e. The minimum absolute atomic E-state index is 0.0167. The number of hydrogen-bond acceptors (Lipinski definition) is 7. The number of nitrogens with zero attached hydrogens (tertiary/aromatic N) is 2. The van der Waals surface area contributed by atoms with Gasteiger partial charge in [-0.25, -0.2) is 4.98 Å². The number of thiophene rings is 1. The molecule has 0 radical (unpaired) electrons. The number of methoxy groups -OCH3 is 1. The van der Waals surface area contributed by atoms with E-state index in [0.717, 1.165) is 9.58 Å². The number of carbonyl (C=O) groups is 2. The van der Waals surface area contributed by atoms with Gasteiger partial charge in [0.15, 0.2) is 5.13 Å². The van der Waals surface area contributed by atoms with E-state index in [9.17, 15) is 14.7 Å². The smallest absolute Gasteiger partial charge is 0.301 e. The maximum Gasteiger partial charge on any atom is 0.301 e. The van der Waals surface area contributed by atoms with Crippen molar-refractivity contribution in [2.75, 3.05) is 12.0 Å². The number of thiazole rings is 1. The van der Waals surface area contributed by atoms with Crippen LogP contribution in [0.3, 0.4) is 0 Å². The first-order valence-electron chi connectivity index (χ1n) is 9.53. The van der Waals surface area contributed by atoms with Gasteiger partial charge in [-0.05, 0) is 41.8 Å². The van der Waals surface area contributed by atoms with E-state index in [-0.39, 0.29) is 11.3 Å². The summed E-state index contributed by atoms with van der Waals surface area (Å²) in [6.45, 7) is 0. The number of carbonyl (C=O) groups excluding carboxylic acids is 2. The maximum atomic E-state index is 13.2. The van der Waals surface area contributed by atoms with Crippen LogP contribution in [0.1, 0.15) is 16.5 Å². The van der Waals surface area contributed by atoms with E-state index >= 15 is 0 Å². The first kappa shape index (κ1) is 20.7. The molecule has 1 atom stereocenters. The number of benzene rings is 2. The van der Waals surface area contributed by atoms with E-state index in [1.165, 1.54) is 34.7 Å².